The van der Waals surface area contributed by atoms with Gasteiger partial charge in [0, 0.05) is 18.0 Å². The average molecular weight is 283 g/mol. The number of amides is 1. The van der Waals surface area contributed by atoms with Crippen LogP contribution in [-0.2, 0) is 4.79 Å². The summed E-state index contributed by atoms with van der Waals surface area (Å²) >= 11 is 1.22. The molecule has 5 heteroatoms. The van der Waals surface area contributed by atoms with E-state index in [1.54, 1.807) is 23.1 Å². The second-order valence-corrected chi connectivity index (χ2v) is 5.91. The smallest absolute Gasteiger partial charge is 0.232 e. The Hall–Kier alpha value is -1.07. The Morgan fingerprint density at radius 3 is 2.95 bits per heavy atom. The first kappa shape index (κ1) is 14.3. The Morgan fingerprint density at radius 2 is 2.26 bits per heavy atom. The number of piperidine rings is 1. The molecule has 2 rings (SSSR count). The molecule has 1 heterocycles. The molecule has 19 heavy (non-hydrogen) atoms. The Balaban J connectivity index is 1.87. The Kier molecular flexibility index (Phi) is 4.82. The van der Waals surface area contributed by atoms with E-state index in [1.165, 1.54) is 17.8 Å². The molecule has 1 N–H and O–H groups in total. The third-order valence-corrected chi connectivity index (χ3v) is 4.43. The van der Waals surface area contributed by atoms with Gasteiger partial charge in [0.05, 0.1) is 11.9 Å². The number of benzene rings is 1. The fourth-order valence-electron chi connectivity index (χ4n) is 2.15. The monoisotopic (exact) mass is 283 g/mol. The summed E-state index contributed by atoms with van der Waals surface area (Å²) in [6, 6.07) is 6.46. The summed E-state index contributed by atoms with van der Waals surface area (Å²) in [5.41, 5.74) is 0. The number of nitrogens with zero attached hydrogens (tertiary/aromatic N) is 1. The fraction of sp³-hybridized carbons (Fsp3) is 0.500. The molecule has 104 valence electrons. The minimum atomic E-state index is -0.316. The van der Waals surface area contributed by atoms with E-state index in [0.29, 0.717) is 24.4 Å². The topological polar surface area (TPSA) is 40.5 Å². The minimum absolute atomic E-state index is 0.00648. The van der Waals surface area contributed by atoms with Crippen molar-refractivity contribution in [2.75, 3.05) is 18.8 Å². The second kappa shape index (κ2) is 6.39. The van der Waals surface area contributed by atoms with Crippen molar-refractivity contribution in [1.29, 1.82) is 0 Å². The van der Waals surface area contributed by atoms with Gasteiger partial charge in [-0.05, 0) is 24.5 Å². The maximum Gasteiger partial charge on any atom is 0.232 e. The van der Waals surface area contributed by atoms with Crippen LogP contribution < -0.4 is 0 Å². The number of hydrogen-bond acceptors (Lipinski definition) is 3. The number of rotatable bonds is 3. The lowest BCUT2D eigenvalue weighted by Crippen LogP contribution is -2.45. The number of halogens is 1. The molecule has 1 amide bonds. The first-order valence-electron chi connectivity index (χ1n) is 6.41. The number of carbonyl (C=O) groups is 1. The molecule has 0 aliphatic carbocycles. The van der Waals surface area contributed by atoms with Crippen LogP contribution in [0.2, 0.25) is 0 Å². The molecule has 0 spiro atoms. The van der Waals surface area contributed by atoms with Gasteiger partial charge in [0.1, 0.15) is 5.82 Å². The zero-order chi connectivity index (χ0) is 13.8. The summed E-state index contributed by atoms with van der Waals surface area (Å²) in [6.07, 6.45) is 0.306. The van der Waals surface area contributed by atoms with Crippen LogP contribution in [0.4, 0.5) is 4.39 Å². The van der Waals surface area contributed by atoms with Crippen LogP contribution in [0, 0.1) is 11.7 Å². The molecule has 1 aromatic carbocycles. The number of carbonyl (C=O) groups excluding carboxylic acids is 1. The predicted octanol–water partition coefficient (Wildman–Crippen LogP) is 2.15. The van der Waals surface area contributed by atoms with Crippen molar-refractivity contribution in [2.45, 2.75) is 24.3 Å². The third kappa shape index (κ3) is 3.70. The van der Waals surface area contributed by atoms with Crippen molar-refractivity contribution in [1.82, 2.24) is 4.90 Å². The quantitative estimate of drug-likeness (QED) is 0.864. The summed E-state index contributed by atoms with van der Waals surface area (Å²) in [5.74, 6) is 0.0647. The van der Waals surface area contributed by atoms with Crippen LogP contribution in [0.5, 0.6) is 0 Å². The molecule has 2 unspecified atom stereocenters. The van der Waals surface area contributed by atoms with Crippen molar-refractivity contribution in [3.05, 3.63) is 30.1 Å². The number of likely N-dealkylation sites (tertiary alicyclic amines) is 1. The first-order chi connectivity index (χ1) is 9.08. The Morgan fingerprint density at radius 1 is 1.53 bits per heavy atom. The zero-order valence-electron chi connectivity index (χ0n) is 10.9. The molecular weight excluding hydrogens is 265 g/mol. The van der Waals surface area contributed by atoms with Gasteiger partial charge in [-0.25, -0.2) is 4.39 Å². The van der Waals surface area contributed by atoms with Crippen molar-refractivity contribution in [2.24, 2.45) is 5.92 Å². The van der Waals surface area contributed by atoms with Crippen LogP contribution in [0.3, 0.4) is 0 Å². The number of aliphatic hydroxyl groups excluding tert-OH is 1. The van der Waals surface area contributed by atoms with Gasteiger partial charge in [-0.3, -0.25) is 4.79 Å². The normalized spacial score (nSPS) is 23.4. The van der Waals surface area contributed by atoms with Crippen LogP contribution in [0.25, 0.3) is 0 Å². The van der Waals surface area contributed by atoms with Crippen LogP contribution in [0.15, 0.2) is 29.2 Å². The summed E-state index contributed by atoms with van der Waals surface area (Å²) < 4.78 is 13.4. The van der Waals surface area contributed by atoms with E-state index in [-0.39, 0.29) is 29.5 Å². The molecule has 1 saturated heterocycles. The summed E-state index contributed by atoms with van der Waals surface area (Å²) in [7, 11) is 0. The highest BCUT2D eigenvalue weighted by Crippen LogP contribution is 2.23. The van der Waals surface area contributed by atoms with E-state index >= 15 is 0 Å². The summed E-state index contributed by atoms with van der Waals surface area (Å²) in [6.45, 7) is 3.11. The minimum Gasteiger partial charge on any atom is -0.393 e. The van der Waals surface area contributed by atoms with E-state index in [9.17, 15) is 14.3 Å². The van der Waals surface area contributed by atoms with E-state index in [2.05, 4.69) is 0 Å². The first-order valence-corrected chi connectivity index (χ1v) is 7.39. The SMILES string of the molecule is CC1CN(C(=O)CSc2ccccc2F)CCC1O. The zero-order valence-corrected chi connectivity index (χ0v) is 11.7. The summed E-state index contributed by atoms with van der Waals surface area (Å²) in [5, 5.41) is 9.63. The maximum absolute atomic E-state index is 13.4. The van der Waals surface area contributed by atoms with Gasteiger partial charge < -0.3 is 10.0 Å². The van der Waals surface area contributed by atoms with Gasteiger partial charge in [-0.2, -0.15) is 0 Å². The van der Waals surface area contributed by atoms with Gasteiger partial charge in [0.15, 0.2) is 0 Å². The standard InChI is InChI=1S/C14H18FNO2S/c1-10-8-16(7-6-12(10)17)14(18)9-19-13-5-3-2-4-11(13)15/h2-5,10,12,17H,6-9H2,1H3. The van der Waals surface area contributed by atoms with Crippen LogP contribution in [0.1, 0.15) is 13.3 Å². The number of aliphatic hydroxyl groups is 1. The lowest BCUT2D eigenvalue weighted by atomic mass is 9.97. The highest BCUT2D eigenvalue weighted by Gasteiger charge is 2.27. The lowest BCUT2D eigenvalue weighted by Gasteiger charge is -2.34. The molecular formula is C14H18FNO2S. The molecule has 0 aromatic heterocycles. The van der Waals surface area contributed by atoms with Gasteiger partial charge >= 0.3 is 0 Å². The molecule has 0 saturated carbocycles. The molecule has 0 bridgehead atoms. The van der Waals surface area contributed by atoms with E-state index < -0.39 is 0 Å². The van der Waals surface area contributed by atoms with Crippen molar-refractivity contribution in [3.8, 4) is 0 Å². The molecule has 1 fully saturated rings. The van der Waals surface area contributed by atoms with Crippen molar-refractivity contribution >= 4 is 17.7 Å². The van der Waals surface area contributed by atoms with E-state index in [4.69, 9.17) is 0 Å². The Labute approximate surface area is 116 Å². The van der Waals surface area contributed by atoms with Crippen LogP contribution in [-0.4, -0.2) is 40.9 Å². The van der Waals surface area contributed by atoms with Gasteiger partial charge in [-0.15, -0.1) is 11.8 Å². The van der Waals surface area contributed by atoms with Gasteiger partial charge in [0.25, 0.3) is 0 Å². The van der Waals surface area contributed by atoms with Crippen molar-refractivity contribution in [3.63, 3.8) is 0 Å². The number of hydrogen-bond donors (Lipinski definition) is 1. The molecule has 0 radical (unpaired) electrons. The largest absolute Gasteiger partial charge is 0.393 e. The van der Waals surface area contributed by atoms with E-state index in [1.807, 2.05) is 6.92 Å². The Bertz CT molecular complexity index is 455. The van der Waals surface area contributed by atoms with Gasteiger partial charge in [-0.1, -0.05) is 19.1 Å². The molecule has 2 atom stereocenters. The van der Waals surface area contributed by atoms with Crippen molar-refractivity contribution < 1.29 is 14.3 Å². The average Bonchev–Trinajstić information content (AvgIpc) is 2.40. The lowest BCUT2D eigenvalue weighted by molar-refractivity contribution is -0.131. The fourth-order valence-corrected chi connectivity index (χ4v) is 2.99. The predicted molar refractivity (Wildman–Crippen MR) is 73.5 cm³/mol. The van der Waals surface area contributed by atoms with Crippen LogP contribution >= 0.6 is 11.8 Å². The van der Waals surface area contributed by atoms with Gasteiger partial charge in [0.2, 0.25) is 5.91 Å². The van der Waals surface area contributed by atoms with E-state index in [0.717, 1.165) is 0 Å². The molecule has 1 aliphatic rings. The highest BCUT2D eigenvalue weighted by molar-refractivity contribution is 8.00. The molecule has 1 aromatic rings. The molecule has 3 nitrogen and oxygen atoms in total. The molecule has 1 aliphatic heterocycles. The highest BCUT2D eigenvalue weighted by atomic mass is 32.2. The number of thioether (sulfide) groups is 1. The third-order valence-electron chi connectivity index (χ3n) is 3.40. The maximum atomic E-state index is 13.4. The summed E-state index contributed by atoms with van der Waals surface area (Å²) in [4.78, 5) is 14.3. The second-order valence-electron chi connectivity index (χ2n) is 4.89.